The van der Waals surface area contributed by atoms with Crippen molar-refractivity contribution in [3.8, 4) is 0 Å². The molecule has 2 bridgehead atoms. The van der Waals surface area contributed by atoms with Gasteiger partial charge in [-0.15, -0.1) is 12.4 Å². The van der Waals surface area contributed by atoms with Gasteiger partial charge in [0, 0.05) is 29.6 Å². The molecule has 0 aromatic carbocycles. The first kappa shape index (κ1) is 15.5. The van der Waals surface area contributed by atoms with Crippen molar-refractivity contribution >= 4 is 30.1 Å². The van der Waals surface area contributed by atoms with Gasteiger partial charge in [0.25, 0.3) is 0 Å². The summed E-state index contributed by atoms with van der Waals surface area (Å²) in [6.07, 6.45) is 3.67. The second-order valence-corrected chi connectivity index (χ2v) is 8.32. The van der Waals surface area contributed by atoms with Crippen LogP contribution in [-0.4, -0.2) is 40.4 Å². The van der Waals surface area contributed by atoms with Gasteiger partial charge in [0.2, 0.25) is 5.91 Å². The number of hydrogen-bond acceptors (Lipinski definition) is 3. The molecule has 0 radical (unpaired) electrons. The Hall–Kier alpha value is 0.0700. The Morgan fingerprint density at radius 2 is 1.74 bits per heavy atom. The van der Waals surface area contributed by atoms with Crippen molar-refractivity contribution in [2.75, 3.05) is 13.1 Å². The van der Waals surface area contributed by atoms with Crippen LogP contribution in [0.4, 0.5) is 0 Å². The van der Waals surface area contributed by atoms with E-state index < -0.39 is 0 Å². The molecule has 6 unspecified atom stereocenters. The summed E-state index contributed by atoms with van der Waals surface area (Å²) in [4.78, 5) is 14.8. The second-order valence-electron chi connectivity index (χ2n) is 6.44. The molecule has 0 spiro atoms. The lowest BCUT2D eigenvalue weighted by atomic mass is 9.84. The molecule has 0 aromatic heterocycles. The van der Waals surface area contributed by atoms with Gasteiger partial charge in [-0.2, -0.15) is 11.8 Å². The fraction of sp³-hybridized carbons (Fsp3) is 0.929. The van der Waals surface area contributed by atoms with Gasteiger partial charge in [0.15, 0.2) is 0 Å². The number of rotatable bonds is 1. The summed E-state index contributed by atoms with van der Waals surface area (Å²) in [6.45, 7) is 6.27. The van der Waals surface area contributed by atoms with Crippen LogP contribution in [0, 0.1) is 17.8 Å². The number of fused-ring (bicyclic) bond motifs is 2. The topological polar surface area (TPSA) is 46.3 Å². The number of thioether (sulfide) groups is 1. The lowest BCUT2D eigenvalue weighted by Gasteiger charge is -2.38. The largest absolute Gasteiger partial charge is 0.340 e. The molecule has 2 saturated carbocycles. The summed E-state index contributed by atoms with van der Waals surface area (Å²) in [6, 6.07) is 0.136. The van der Waals surface area contributed by atoms with Gasteiger partial charge in [-0.05, 0) is 31.1 Å². The summed E-state index contributed by atoms with van der Waals surface area (Å²) in [5, 5.41) is 1.13. The van der Waals surface area contributed by atoms with Crippen LogP contribution >= 0.6 is 24.2 Å². The van der Waals surface area contributed by atoms with Crippen molar-refractivity contribution in [2.24, 2.45) is 23.5 Å². The highest BCUT2D eigenvalue weighted by atomic mass is 35.5. The van der Waals surface area contributed by atoms with Crippen LogP contribution in [0.25, 0.3) is 0 Å². The maximum absolute atomic E-state index is 12.7. The van der Waals surface area contributed by atoms with E-state index in [2.05, 4.69) is 18.7 Å². The van der Waals surface area contributed by atoms with E-state index in [9.17, 15) is 4.79 Å². The van der Waals surface area contributed by atoms with Gasteiger partial charge in [0.05, 0.1) is 5.92 Å². The molecule has 3 rings (SSSR count). The minimum absolute atomic E-state index is 0. The average Bonchev–Trinajstić information content (AvgIpc) is 2.87. The van der Waals surface area contributed by atoms with E-state index in [0.29, 0.717) is 28.2 Å². The smallest absolute Gasteiger partial charge is 0.227 e. The molecule has 2 aliphatic carbocycles. The number of carbonyl (C=O) groups is 1. The Morgan fingerprint density at radius 1 is 1.16 bits per heavy atom. The first-order chi connectivity index (χ1) is 8.56. The third-order valence-electron chi connectivity index (χ3n) is 5.00. The summed E-state index contributed by atoms with van der Waals surface area (Å²) in [5.74, 6) is 1.69. The third kappa shape index (κ3) is 2.77. The summed E-state index contributed by atoms with van der Waals surface area (Å²) >= 11 is 2.00. The van der Waals surface area contributed by atoms with Crippen LogP contribution in [0.15, 0.2) is 0 Å². The van der Waals surface area contributed by atoms with Gasteiger partial charge in [-0.1, -0.05) is 13.8 Å². The van der Waals surface area contributed by atoms with E-state index in [1.54, 1.807) is 0 Å². The standard InChI is InChI=1S/C14H24N2OS.ClH/c1-8-6-16(7-9(2)18-8)14(17)12-10-3-4-11(5-10)13(12)15;/h8-13H,3-7,15H2,1-2H3;1H. The molecular formula is C14H25ClN2OS. The fourth-order valence-corrected chi connectivity index (χ4v) is 5.60. The molecule has 1 heterocycles. The molecule has 3 nitrogen and oxygen atoms in total. The summed E-state index contributed by atoms with van der Waals surface area (Å²) < 4.78 is 0. The van der Waals surface area contributed by atoms with E-state index in [0.717, 1.165) is 13.1 Å². The molecule has 1 aliphatic heterocycles. The zero-order chi connectivity index (χ0) is 12.9. The van der Waals surface area contributed by atoms with Crippen LogP contribution in [0.1, 0.15) is 33.1 Å². The Kier molecular flexibility index (Phi) is 4.74. The molecule has 19 heavy (non-hydrogen) atoms. The number of amides is 1. The average molecular weight is 305 g/mol. The van der Waals surface area contributed by atoms with Gasteiger partial charge < -0.3 is 10.6 Å². The van der Waals surface area contributed by atoms with Crippen molar-refractivity contribution in [3.63, 3.8) is 0 Å². The Bertz CT molecular complexity index is 342. The van der Waals surface area contributed by atoms with Gasteiger partial charge in [-0.3, -0.25) is 4.79 Å². The maximum Gasteiger partial charge on any atom is 0.227 e. The molecule has 3 fully saturated rings. The van der Waals surface area contributed by atoms with E-state index in [1.165, 1.54) is 19.3 Å². The van der Waals surface area contributed by atoms with Gasteiger partial charge in [-0.25, -0.2) is 0 Å². The van der Waals surface area contributed by atoms with Crippen molar-refractivity contribution in [2.45, 2.75) is 49.7 Å². The minimum Gasteiger partial charge on any atom is -0.340 e. The second kappa shape index (κ2) is 5.82. The lowest BCUT2D eigenvalue weighted by molar-refractivity contribution is -0.137. The number of halogens is 1. The molecule has 3 aliphatic rings. The van der Waals surface area contributed by atoms with Crippen molar-refractivity contribution in [3.05, 3.63) is 0 Å². The molecule has 5 heteroatoms. The first-order valence-electron chi connectivity index (χ1n) is 7.26. The summed E-state index contributed by atoms with van der Waals surface area (Å²) in [7, 11) is 0. The van der Waals surface area contributed by atoms with Crippen LogP contribution < -0.4 is 5.73 Å². The van der Waals surface area contributed by atoms with Crippen LogP contribution in [0.3, 0.4) is 0 Å². The molecule has 0 aromatic rings. The quantitative estimate of drug-likeness (QED) is 0.807. The van der Waals surface area contributed by atoms with Crippen molar-refractivity contribution in [1.82, 2.24) is 4.90 Å². The van der Waals surface area contributed by atoms with Crippen LogP contribution in [0.5, 0.6) is 0 Å². The third-order valence-corrected chi connectivity index (χ3v) is 6.22. The van der Waals surface area contributed by atoms with Gasteiger partial charge >= 0.3 is 0 Å². The lowest BCUT2D eigenvalue weighted by Crippen LogP contribution is -2.51. The number of nitrogens with zero attached hydrogens (tertiary/aromatic N) is 1. The SMILES string of the molecule is CC1CN(C(=O)C2C3CCC(C3)C2N)CC(C)S1.Cl. The molecular weight excluding hydrogens is 280 g/mol. The predicted octanol–water partition coefficient (Wildman–Crippen LogP) is 2.13. The monoisotopic (exact) mass is 304 g/mol. The fourth-order valence-electron chi connectivity index (χ4n) is 4.27. The summed E-state index contributed by atoms with van der Waals surface area (Å²) in [5.41, 5.74) is 6.29. The highest BCUT2D eigenvalue weighted by Crippen LogP contribution is 2.48. The van der Waals surface area contributed by atoms with E-state index in [1.807, 2.05) is 11.8 Å². The molecule has 1 saturated heterocycles. The maximum atomic E-state index is 12.7. The number of carbonyl (C=O) groups excluding carboxylic acids is 1. The van der Waals surface area contributed by atoms with Gasteiger partial charge in [0.1, 0.15) is 0 Å². The zero-order valence-electron chi connectivity index (χ0n) is 11.7. The Labute approximate surface area is 126 Å². The van der Waals surface area contributed by atoms with Crippen LogP contribution in [-0.2, 0) is 4.79 Å². The molecule has 1 amide bonds. The Balaban J connectivity index is 0.00000133. The highest BCUT2D eigenvalue weighted by Gasteiger charge is 2.50. The van der Waals surface area contributed by atoms with Crippen LogP contribution in [0.2, 0.25) is 0 Å². The first-order valence-corrected chi connectivity index (χ1v) is 8.20. The number of nitrogens with two attached hydrogens (primary N) is 1. The van der Waals surface area contributed by atoms with E-state index in [-0.39, 0.29) is 24.4 Å². The van der Waals surface area contributed by atoms with Crippen molar-refractivity contribution < 1.29 is 4.79 Å². The minimum atomic E-state index is 0. The Morgan fingerprint density at radius 3 is 2.26 bits per heavy atom. The van der Waals surface area contributed by atoms with E-state index >= 15 is 0 Å². The number of hydrogen-bond donors (Lipinski definition) is 1. The highest BCUT2D eigenvalue weighted by molar-refractivity contribution is 8.00. The predicted molar refractivity (Wildman–Crippen MR) is 82.6 cm³/mol. The van der Waals surface area contributed by atoms with E-state index in [4.69, 9.17) is 5.73 Å². The normalized spacial score (nSPS) is 45.1. The zero-order valence-corrected chi connectivity index (χ0v) is 13.4. The molecule has 6 atom stereocenters. The molecule has 2 N–H and O–H groups in total. The molecule has 110 valence electrons. The van der Waals surface area contributed by atoms with Crippen molar-refractivity contribution in [1.29, 1.82) is 0 Å².